The zero-order valence-corrected chi connectivity index (χ0v) is 8.47. The normalized spacial score (nSPS) is 11.2. The van der Waals surface area contributed by atoms with E-state index in [4.69, 9.17) is 4.55 Å². The largest absolute Gasteiger partial charge is 0.294 e. The van der Waals surface area contributed by atoms with Gasteiger partial charge in [-0.1, -0.05) is 0 Å². The lowest BCUT2D eigenvalue weighted by atomic mass is 10.3. The molecular formula is C7H7ClN2O3S. The topological polar surface area (TPSA) is 83.0 Å². The number of fused-ring (bicyclic) bond motifs is 1. The number of nitrogens with zero attached hydrogens (tertiary/aromatic N) is 1. The van der Waals surface area contributed by atoms with Gasteiger partial charge in [0, 0.05) is 5.39 Å². The number of halogens is 1. The lowest BCUT2D eigenvalue weighted by Gasteiger charge is -1.95. The van der Waals surface area contributed by atoms with E-state index in [1.807, 2.05) is 0 Å². The average Bonchev–Trinajstić information content (AvgIpc) is 2.47. The molecule has 2 N–H and O–H groups in total. The molecule has 0 spiro atoms. The molecule has 0 aliphatic rings. The molecule has 0 bridgehead atoms. The van der Waals surface area contributed by atoms with Crippen molar-refractivity contribution in [3.05, 3.63) is 24.4 Å². The highest BCUT2D eigenvalue weighted by molar-refractivity contribution is 7.85. The Labute approximate surface area is 86.3 Å². The van der Waals surface area contributed by atoms with Crippen molar-refractivity contribution >= 4 is 33.4 Å². The molecule has 1 aromatic carbocycles. The standard InChI is InChI=1S/C7H6N2O3S.ClH/c10-13(11,12)6-1-2-7-5(3-6)4-8-9-7;/h1-4H,(H,8,9)(H,10,11,12);1H. The minimum atomic E-state index is -4.11. The van der Waals surface area contributed by atoms with Gasteiger partial charge in [-0.15, -0.1) is 12.4 Å². The molecular weight excluding hydrogens is 228 g/mol. The molecule has 0 amide bonds. The van der Waals surface area contributed by atoms with Crippen molar-refractivity contribution in [2.75, 3.05) is 0 Å². The molecule has 1 aromatic heterocycles. The Hall–Kier alpha value is -1.11. The molecule has 0 saturated heterocycles. The van der Waals surface area contributed by atoms with E-state index in [0.29, 0.717) is 5.39 Å². The molecule has 1 heterocycles. The number of hydrogen-bond donors (Lipinski definition) is 2. The summed E-state index contributed by atoms with van der Waals surface area (Å²) in [7, 11) is -4.11. The first-order valence-corrected chi connectivity index (χ1v) is 4.92. The number of aromatic nitrogens is 2. The average molecular weight is 235 g/mol. The van der Waals surface area contributed by atoms with Crippen LogP contribution >= 0.6 is 12.4 Å². The van der Waals surface area contributed by atoms with E-state index in [0.717, 1.165) is 5.52 Å². The number of rotatable bonds is 1. The van der Waals surface area contributed by atoms with E-state index >= 15 is 0 Å². The highest BCUT2D eigenvalue weighted by Crippen LogP contribution is 2.16. The van der Waals surface area contributed by atoms with E-state index in [1.54, 1.807) is 6.07 Å². The van der Waals surface area contributed by atoms with Crippen molar-refractivity contribution in [3.63, 3.8) is 0 Å². The Morgan fingerprint density at radius 1 is 1.36 bits per heavy atom. The first kappa shape index (κ1) is 11.0. The first-order valence-electron chi connectivity index (χ1n) is 3.48. The summed E-state index contributed by atoms with van der Waals surface area (Å²) in [6.07, 6.45) is 1.49. The van der Waals surface area contributed by atoms with Crippen LogP contribution in [0.1, 0.15) is 0 Å². The Kier molecular flexibility index (Phi) is 2.79. The van der Waals surface area contributed by atoms with Gasteiger partial charge in [0.2, 0.25) is 0 Å². The molecule has 0 fully saturated rings. The van der Waals surface area contributed by atoms with Crippen molar-refractivity contribution < 1.29 is 13.0 Å². The number of benzene rings is 1. The summed E-state index contributed by atoms with van der Waals surface area (Å²) in [6.45, 7) is 0. The zero-order chi connectivity index (χ0) is 9.47. The first-order chi connectivity index (χ1) is 6.07. The molecule has 0 aliphatic heterocycles. The second-order valence-electron chi connectivity index (χ2n) is 2.59. The SMILES string of the molecule is Cl.O=S(=O)(O)c1ccc2[nH]ncc2c1. The van der Waals surface area contributed by atoms with Crippen LogP contribution in [0.5, 0.6) is 0 Å². The van der Waals surface area contributed by atoms with Gasteiger partial charge in [0.15, 0.2) is 0 Å². The lowest BCUT2D eigenvalue weighted by Crippen LogP contribution is -1.96. The summed E-state index contributed by atoms with van der Waals surface area (Å²) < 4.78 is 30.2. The summed E-state index contributed by atoms with van der Waals surface area (Å²) in [5.74, 6) is 0. The van der Waals surface area contributed by atoms with Crippen molar-refractivity contribution in [1.29, 1.82) is 0 Å². The molecule has 14 heavy (non-hydrogen) atoms. The van der Waals surface area contributed by atoms with E-state index in [9.17, 15) is 8.42 Å². The highest BCUT2D eigenvalue weighted by Gasteiger charge is 2.09. The fraction of sp³-hybridized carbons (Fsp3) is 0. The van der Waals surface area contributed by atoms with Crippen LogP contribution in [0.3, 0.4) is 0 Å². The molecule has 76 valence electrons. The van der Waals surface area contributed by atoms with Gasteiger partial charge < -0.3 is 0 Å². The van der Waals surface area contributed by atoms with E-state index < -0.39 is 10.1 Å². The maximum absolute atomic E-state index is 10.7. The van der Waals surface area contributed by atoms with Crippen molar-refractivity contribution in [2.24, 2.45) is 0 Å². The van der Waals surface area contributed by atoms with Gasteiger partial charge in [-0.05, 0) is 18.2 Å². The van der Waals surface area contributed by atoms with Gasteiger partial charge in [-0.3, -0.25) is 9.65 Å². The van der Waals surface area contributed by atoms with Crippen molar-refractivity contribution in [3.8, 4) is 0 Å². The van der Waals surface area contributed by atoms with E-state index in [-0.39, 0.29) is 17.3 Å². The number of aromatic amines is 1. The van der Waals surface area contributed by atoms with Crippen LogP contribution in [-0.4, -0.2) is 23.2 Å². The van der Waals surface area contributed by atoms with Gasteiger partial charge in [-0.2, -0.15) is 13.5 Å². The third kappa shape index (κ3) is 1.87. The Morgan fingerprint density at radius 2 is 2.07 bits per heavy atom. The van der Waals surface area contributed by atoms with Crippen molar-refractivity contribution in [1.82, 2.24) is 10.2 Å². The highest BCUT2D eigenvalue weighted by atomic mass is 35.5. The van der Waals surface area contributed by atoms with E-state index in [2.05, 4.69) is 10.2 Å². The number of nitrogens with one attached hydrogen (secondary N) is 1. The molecule has 2 aromatic rings. The minimum absolute atomic E-state index is 0. The second kappa shape index (κ2) is 3.56. The predicted octanol–water partition coefficient (Wildman–Crippen LogP) is 1.23. The van der Waals surface area contributed by atoms with Crippen LogP contribution in [0, 0.1) is 0 Å². The molecule has 0 aliphatic carbocycles. The van der Waals surface area contributed by atoms with Crippen LogP contribution in [-0.2, 0) is 10.1 Å². The van der Waals surface area contributed by atoms with Gasteiger partial charge >= 0.3 is 0 Å². The third-order valence-corrected chi connectivity index (χ3v) is 2.56. The van der Waals surface area contributed by atoms with E-state index in [1.165, 1.54) is 18.3 Å². The maximum atomic E-state index is 10.7. The van der Waals surface area contributed by atoms with Gasteiger partial charge in [0.25, 0.3) is 10.1 Å². The second-order valence-corrected chi connectivity index (χ2v) is 4.02. The number of hydrogen-bond acceptors (Lipinski definition) is 3. The molecule has 0 atom stereocenters. The summed E-state index contributed by atoms with van der Waals surface area (Å²) in [4.78, 5) is -0.124. The van der Waals surface area contributed by atoms with Gasteiger partial charge in [-0.25, -0.2) is 0 Å². The quantitative estimate of drug-likeness (QED) is 0.727. The third-order valence-electron chi connectivity index (χ3n) is 1.71. The summed E-state index contributed by atoms with van der Waals surface area (Å²) in [5.41, 5.74) is 0.729. The molecule has 7 heteroatoms. The van der Waals surface area contributed by atoms with Crippen molar-refractivity contribution in [2.45, 2.75) is 4.90 Å². The monoisotopic (exact) mass is 234 g/mol. The Morgan fingerprint density at radius 3 is 2.71 bits per heavy atom. The fourth-order valence-corrected chi connectivity index (χ4v) is 1.60. The summed E-state index contributed by atoms with van der Waals surface area (Å²) in [5, 5.41) is 7.04. The van der Waals surface area contributed by atoms with Crippen LogP contribution in [0.4, 0.5) is 0 Å². The Bertz CT molecular complexity index is 549. The minimum Gasteiger partial charge on any atom is -0.282 e. The lowest BCUT2D eigenvalue weighted by molar-refractivity contribution is 0.483. The smallest absolute Gasteiger partial charge is 0.282 e. The maximum Gasteiger partial charge on any atom is 0.294 e. The zero-order valence-electron chi connectivity index (χ0n) is 6.84. The molecule has 2 rings (SSSR count). The summed E-state index contributed by atoms with van der Waals surface area (Å²) in [6, 6.07) is 4.22. The molecule has 0 saturated carbocycles. The van der Waals surface area contributed by atoms with Crippen LogP contribution in [0.25, 0.3) is 10.9 Å². The van der Waals surface area contributed by atoms with Crippen LogP contribution < -0.4 is 0 Å². The Balaban J connectivity index is 0.000000980. The summed E-state index contributed by atoms with van der Waals surface area (Å²) >= 11 is 0. The molecule has 0 radical (unpaired) electrons. The molecule has 0 unspecified atom stereocenters. The van der Waals surface area contributed by atoms with Crippen LogP contribution in [0.15, 0.2) is 29.3 Å². The van der Waals surface area contributed by atoms with Gasteiger partial charge in [0.1, 0.15) is 0 Å². The van der Waals surface area contributed by atoms with Gasteiger partial charge in [0.05, 0.1) is 16.6 Å². The fourth-order valence-electron chi connectivity index (χ4n) is 1.08. The van der Waals surface area contributed by atoms with Crippen LogP contribution in [0.2, 0.25) is 0 Å². The predicted molar refractivity (Wildman–Crippen MR) is 53.2 cm³/mol. The number of H-pyrrole nitrogens is 1. The molecule has 5 nitrogen and oxygen atoms in total.